The van der Waals surface area contributed by atoms with E-state index in [0.29, 0.717) is 26.7 Å². The summed E-state index contributed by atoms with van der Waals surface area (Å²) in [5, 5.41) is 14.4. The number of nitrogens with one attached hydrogen (secondary N) is 2. The third-order valence-electron chi connectivity index (χ3n) is 5.50. The minimum atomic E-state index is -1.16. The van der Waals surface area contributed by atoms with Crippen molar-refractivity contribution in [3.8, 4) is 0 Å². The number of ether oxygens (including phenoxy) is 1. The van der Waals surface area contributed by atoms with Crippen molar-refractivity contribution in [1.29, 1.82) is 0 Å². The number of amides is 2. The normalized spacial score (nSPS) is 15.4. The number of hydrogen-bond donors (Lipinski definition) is 3. The van der Waals surface area contributed by atoms with Crippen molar-refractivity contribution in [1.82, 2.24) is 15.2 Å². The Balaban J connectivity index is 1.26. The quantitative estimate of drug-likeness (QED) is 0.500. The van der Waals surface area contributed by atoms with Crippen LogP contribution in [-0.4, -0.2) is 52.2 Å². The first-order chi connectivity index (χ1) is 15.7. The number of halogens is 2. The number of rotatable bonds is 5. The second kappa shape index (κ2) is 9.46. The predicted octanol–water partition coefficient (Wildman–Crippen LogP) is 3.32. The van der Waals surface area contributed by atoms with E-state index in [-0.39, 0.29) is 44.7 Å². The van der Waals surface area contributed by atoms with E-state index in [1.165, 1.54) is 11.0 Å². The Labute approximate surface area is 198 Å². The fourth-order valence-corrected chi connectivity index (χ4v) is 4.22. The lowest BCUT2D eigenvalue weighted by Gasteiger charge is -2.37. The van der Waals surface area contributed by atoms with Crippen LogP contribution in [0.15, 0.2) is 45.6 Å². The van der Waals surface area contributed by atoms with Gasteiger partial charge in [0, 0.05) is 35.2 Å². The van der Waals surface area contributed by atoms with E-state index in [9.17, 15) is 19.5 Å². The summed E-state index contributed by atoms with van der Waals surface area (Å²) in [4.78, 5) is 40.1. The number of carbonyl (C=O) groups excluding carboxylic acids is 2. The smallest absolute Gasteiger partial charge is 0.417 e. The van der Waals surface area contributed by atoms with Crippen LogP contribution in [0, 0.1) is 0 Å². The minimum absolute atomic E-state index is 0.0187. The number of likely N-dealkylation sites (tertiary alicyclic amines) is 1. The van der Waals surface area contributed by atoms with Crippen molar-refractivity contribution >= 4 is 46.3 Å². The van der Waals surface area contributed by atoms with Gasteiger partial charge < -0.3 is 24.5 Å². The Bertz CT molecular complexity index is 1230. The first-order valence-corrected chi connectivity index (χ1v) is 11.0. The highest BCUT2D eigenvalue weighted by Gasteiger charge is 2.35. The van der Waals surface area contributed by atoms with E-state index in [4.69, 9.17) is 32.4 Å². The third-order valence-corrected chi connectivity index (χ3v) is 5.93. The molecule has 1 aromatic heterocycles. The molecule has 33 heavy (non-hydrogen) atoms. The topological polar surface area (TPSA) is 125 Å². The van der Waals surface area contributed by atoms with Gasteiger partial charge in [-0.05, 0) is 54.8 Å². The van der Waals surface area contributed by atoms with Gasteiger partial charge in [0.05, 0.1) is 11.1 Å². The number of aromatic nitrogens is 1. The summed E-state index contributed by atoms with van der Waals surface area (Å²) < 4.78 is 10.3. The van der Waals surface area contributed by atoms with Crippen molar-refractivity contribution in [3.63, 3.8) is 0 Å². The fraction of sp³-hybridized carbons (Fsp3) is 0.318. The zero-order valence-electron chi connectivity index (χ0n) is 17.4. The number of oxazole rings is 1. The van der Waals surface area contributed by atoms with E-state index in [1.807, 2.05) is 0 Å². The highest BCUT2D eigenvalue weighted by atomic mass is 35.5. The monoisotopic (exact) mass is 493 g/mol. The molecule has 0 bridgehead atoms. The van der Waals surface area contributed by atoms with Gasteiger partial charge in [-0.3, -0.25) is 9.78 Å². The number of hydrogen-bond acceptors (Lipinski definition) is 6. The summed E-state index contributed by atoms with van der Waals surface area (Å²) in [6.07, 6.45) is 0.0484. The lowest BCUT2D eigenvalue weighted by molar-refractivity contribution is -0.0192. The molecule has 0 spiro atoms. The number of fused-ring (bicyclic) bond motifs is 1. The molecule has 0 aliphatic carbocycles. The van der Waals surface area contributed by atoms with Crippen LogP contribution in [0.2, 0.25) is 10.0 Å². The highest BCUT2D eigenvalue weighted by Crippen LogP contribution is 2.23. The molecule has 11 heteroatoms. The van der Waals surface area contributed by atoms with Crippen LogP contribution < -0.4 is 11.1 Å². The van der Waals surface area contributed by atoms with Crippen LogP contribution in [0.5, 0.6) is 0 Å². The van der Waals surface area contributed by atoms with Crippen LogP contribution in [0.1, 0.15) is 28.8 Å². The summed E-state index contributed by atoms with van der Waals surface area (Å²) in [6, 6.07) is 9.51. The predicted molar refractivity (Wildman–Crippen MR) is 122 cm³/mol. The maximum atomic E-state index is 12.5. The molecule has 1 aliphatic heterocycles. The standard InChI is InChI=1S/C22H21Cl2N3O6/c23-15-7-13(8-16(24)10-15)11-32-21(30)27-5-3-22(31,4-6-27)12-25-19(28)14-1-2-17-18(9-14)33-20(29)26-17/h1-2,7-10,31H,3-6,11-12H2,(H,25,28)(H,26,29). The van der Waals surface area contributed by atoms with Gasteiger partial charge in [0.1, 0.15) is 6.61 Å². The molecular weight excluding hydrogens is 473 g/mol. The molecule has 3 aromatic rings. The Kier molecular flexibility index (Phi) is 6.64. The average Bonchev–Trinajstić information content (AvgIpc) is 3.15. The number of H-pyrrole nitrogens is 1. The van der Waals surface area contributed by atoms with Crippen LogP contribution in [-0.2, 0) is 11.3 Å². The maximum absolute atomic E-state index is 12.5. The van der Waals surface area contributed by atoms with Gasteiger partial charge >= 0.3 is 11.8 Å². The van der Waals surface area contributed by atoms with E-state index in [2.05, 4.69) is 10.3 Å². The Morgan fingerprint density at radius 1 is 1.15 bits per heavy atom. The maximum Gasteiger partial charge on any atom is 0.417 e. The van der Waals surface area contributed by atoms with Gasteiger partial charge in [-0.2, -0.15) is 0 Å². The number of piperidine rings is 1. The van der Waals surface area contributed by atoms with Gasteiger partial charge in [0.15, 0.2) is 5.58 Å². The molecule has 2 heterocycles. The Morgan fingerprint density at radius 2 is 1.85 bits per heavy atom. The zero-order valence-corrected chi connectivity index (χ0v) is 18.9. The molecule has 0 unspecified atom stereocenters. The van der Waals surface area contributed by atoms with Crippen molar-refractivity contribution in [3.05, 3.63) is 68.1 Å². The van der Waals surface area contributed by atoms with Crippen LogP contribution in [0.25, 0.3) is 11.1 Å². The number of aromatic amines is 1. The van der Waals surface area contributed by atoms with E-state index >= 15 is 0 Å². The minimum Gasteiger partial charge on any atom is -0.445 e. The highest BCUT2D eigenvalue weighted by molar-refractivity contribution is 6.34. The lowest BCUT2D eigenvalue weighted by atomic mass is 9.91. The van der Waals surface area contributed by atoms with Gasteiger partial charge in [-0.1, -0.05) is 23.2 Å². The Hall–Kier alpha value is -3.01. The molecule has 1 fully saturated rings. The molecule has 3 N–H and O–H groups in total. The third kappa shape index (κ3) is 5.68. The van der Waals surface area contributed by atoms with Crippen LogP contribution in [0.3, 0.4) is 0 Å². The molecule has 0 atom stereocenters. The van der Waals surface area contributed by atoms with Crippen LogP contribution >= 0.6 is 23.2 Å². The molecule has 4 rings (SSSR count). The summed E-state index contributed by atoms with van der Waals surface area (Å²) in [5.41, 5.74) is 0.591. The number of carbonyl (C=O) groups is 2. The zero-order chi connectivity index (χ0) is 23.6. The lowest BCUT2D eigenvalue weighted by Crippen LogP contribution is -2.52. The molecule has 0 saturated carbocycles. The summed E-state index contributed by atoms with van der Waals surface area (Å²) in [6.45, 7) is 0.607. The molecule has 1 saturated heterocycles. The summed E-state index contributed by atoms with van der Waals surface area (Å²) in [7, 11) is 0. The van der Waals surface area contributed by atoms with E-state index in [0.717, 1.165) is 0 Å². The molecule has 0 radical (unpaired) electrons. The molecule has 2 aromatic carbocycles. The molecular formula is C22H21Cl2N3O6. The van der Waals surface area contributed by atoms with Gasteiger partial charge in [-0.15, -0.1) is 0 Å². The van der Waals surface area contributed by atoms with Gasteiger partial charge in [-0.25, -0.2) is 9.59 Å². The van der Waals surface area contributed by atoms with Crippen molar-refractivity contribution < 1.29 is 23.8 Å². The largest absolute Gasteiger partial charge is 0.445 e. The SMILES string of the molecule is O=C(NCC1(O)CCN(C(=O)OCc2cc(Cl)cc(Cl)c2)CC1)c1ccc2[nH]c(=O)oc2c1. The number of benzene rings is 2. The van der Waals surface area contributed by atoms with Crippen molar-refractivity contribution in [2.75, 3.05) is 19.6 Å². The Morgan fingerprint density at radius 3 is 2.55 bits per heavy atom. The molecule has 9 nitrogen and oxygen atoms in total. The first-order valence-electron chi connectivity index (χ1n) is 10.2. The number of nitrogens with zero attached hydrogens (tertiary/aromatic N) is 1. The van der Waals surface area contributed by atoms with Gasteiger partial charge in [0.25, 0.3) is 5.91 Å². The second-order valence-corrected chi connectivity index (χ2v) is 8.82. The fourth-order valence-electron chi connectivity index (χ4n) is 3.65. The molecule has 2 amide bonds. The molecule has 1 aliphatic rings. The molecule has 174 valence electrons. The average molecular weight is 494 g/mol. The summed E-state index contributed by atoms with van der Waals surface area (Å²) in [5.74, 6) is -1.00. The van der Waals surface area contributed by atoms with Gasteiger partial charge in [0.2, 0.25) is 0 Å². The van der Waals surface area contributed by atoms with Crippen molar-refractivity contribution in [2.24, 2.45) is 0 Å². The summed E-state index contributed by atoms with van der Waals surface area (Å²) >= 11 is 11.9. The van der Waals surface area contributed by atoms with Crippen molar-refractivity contribution in [2.45, 2.75) is 25.0 Å². The first kappa shape index (κ1) is 23.2. The number of aliphatic hydroxyl groups is 1. The van der Waals surface area contributed by atoms with E-state index in [1.54, 1.807) is 30.3 Å². The van der Waals surface area contributed by atoms with E-state index < -0.39 is 23.4 Å². The van der Waals surface area contributed by atoms with Crippen LogP contribution in [0.4, 0.5) is 4.79 Å². The second-order valence-electron chi connectivity index (χ2n) is 7.95.